The number of carbonyl (C=O) groups is 1. The van der Waals surface area contributed by atoms with Crippen molar-refractivity contribution in [1.29, 1.82) is 0 Å². The second-order valence-electron chi connectivity index (χ2n) is 6.52. The average Bonchev–Trinajstić information content (AvgIpc) is 3.27. The summed E-state index contributed by atoms with van der Waals surface area (Å²) in [6, 6.07) is 9.74. The molecule has 0 bridgehead atoms. The predicted octanol–water partition coefficient (Wildman–Crippen LogP) is 1.70. The number of hydrogen-bond acceptors (Lipinski definition) is 4. The van der Waals surface area contributed by atoms with E-state index in [0.717, 1.165) is 23.8 Å². The standard InChI is InChI=1S/C19H22N6O/c1-14-16(13-25(22-14)15-6-4-3-5-7-15)19(26)24-11-8-20-12-17(24)18-21-9-10-23(18)2/h3-7,9-10,13,17,20H,8,11-12H2,1-2H3. The molecule has 1 fully saturated rings. The molecule has 4 rings (SSSR count). The number of benzene rings is 1. The van der Waals surface area contributed by atoms with Crippen LogP contribution in [-0.4, -0.2) is 49.8 Å². The maximum absolute atomic E-state index is 13.3. The molecule has 3 aromatic rings. The Balaban J connectivity index is 1.66. The Bertz CT molecular complexity index is 913. The highest BCUT2D eigenvalue weighted by molar-refractivity contribution is 5.95. The second kappa shape index (κ2) is 6.76. The molecular weight excluding hydrogens is 328 g/mol. The first-order valence-electron chi connectivity index (χ1n) is 8.76. The van der Waals surface area contributed by atoms with Crippen LogP contribution in [0.3, 0.4) is 0 Å². The van der Waals surface area contributed by atoms with Gasteiger partial charge in [0.2, 0.25) is 0 Å². The number of carbonyl (C=O) groups excluding carboxylic acids is 1. The van der Waals surface area contributed by atoms with Crippen LogP contribution in [0.1, 0.15) is 27.9 Å². The van der Waals surface area contributed by atoms with Gasteiger partial charge < -0.3 is 14.8 Å². The van der Waals surface area contributed by atoms with Gasteiger partial charge in [-0.05, 0) is 19.1 Å². The van der Waals surface area contributed by atoms with Crippen molar-refractivity contribution in [2.24, 2.45) is 7.05 Å². The fraction of sp³-hybridized carbons (Fsp3) is 0.316. The molecule has 7 heteroatoms. The molecule has 0 saturated carbocycles. The molecule has 1 amide bonds. The van der Waals surface area contributed by atoms with Crippen molar-refractivity contribution in [3.8, 4) is 5.69 Å². The summed E-state index contributed by atoms with van der Waals surface area (Å²) in [6.07, 6.45) is 5.50. The zero-order valence-electron chi connectivity index (χ0n) is 15.0. The van der Waals surface area contributed by atoms with Gasteiger partial charge in [-0.15, -0.1) is 0 Å². The highest BCUT2D eigenvalue weighted by Crippen LogP contribution is 2.24. The normalized spacial score (nSPS) is 17.5. The minimum Gasteiger partial charge on any atom is -0.336 e. The zero-order valence-corrected chi connectivity index (χ0v) is 15.0. The van der Waals surface area contributed by atoms with Gasteiger partial charge in [0.25, 0.3) is 5.91 Å². The molecule has 0 radical (unpaired) electrons. The molecular formula is C19H22N6O. The number of aromatic nitrogens is 4. The van der Waals surface area contributed by atoms with Gasteiger partial charge in [0.15, 0.2) is 0 Å². The van der Waals surface area contributed by atoms with E-state index in [0.29, 0.717) is 18.7 Å². The van der Waals surface area contributed by atoms with Crippen LogP contribution in [0, 0.1) is 6.92 Å². The van der Waals surface area contributed by atoms with Gasteiger partial charge in [-0.25, -0.2) is 9.67 Å². The first-order valence-corrected chi connectivity index (χ1v) is 8.76. The van der Waals surface area contributed by atoms with Crippen molar-refractivity contribution < 1.29 is 4.79 Å². The van der Waals surface area contributed by atoms with E-state index in [1.165, 1.54) is 0 Å². The quantitative estimate of drug-likeness (QED) is 0.781. The molecule has 3 heterocycles. The Kier molecular flexibility index (Phi) is 4.30. The van der Waals surface area contributed by atoms with E-state index in [1.54, 1.807) is 10.9 Å². The monoisotopic (exact) mass is 350 g/mol. The number of para-hydroxylation sites is 1. The third-order valence-corrected chi connectivity index (χ3v) is 4.81. The Labute approximate surface area is 152 Å². The molecule has 134 valence electrons. The van der Waals surface area contributed by atoms with Crippen LogP contribution in [-0.2, 0) is 7.05 Å². The average molecular weight is 350 g/mol. The van der Waals surface area contributed by atoms with Gasteiger partial charge in [0.05, 0.1) is 16.9 Å². The summed E-state index contributed by atoms with van der Waals surface area (Å²) in [5, 5.41) is 7.90. The fourth-order valence-electron chi connectivity index (χ4n) is 3.41. The summed E-state index contributed by atoms with van der Waals surface area (Å²) in [4.78, 5) is 19.6. The molecule has 1 N–H and O–H groups in total. The minimum absolute atomic E-state index is 0.000758. The number of hydrogen-bond donors (Lipinski definition) is 1. The number of piperazine rings is 1. The van der Waals surface area contributed by atoms with E-state index < -0.39 is 0 Å². The van der Waals surface area contributed by atoms with Crippen LogP contribution in [0.4, 0.5) is 0 Å². The van der Waals surface area contributed by atoms with Gasteiger partial charge >= 0.3 is 0 Å². The van der Waals surface area contributed by atoms with Crippen LogP contribution in [0.15, 0.2) is 48.9 Å². The largest absolute Gasteiger partial charge is 0.336 e. The molecule has 0 aliphatic carbocycles. The smallest absolute Gasteiger partial charge is 0.258 e. The number of nitrogens with zero attached hydrogens (tertiary/aromatic N) is 5. The van der Waals surface area contributed by atoms with Gasteiger partial charge in [-0.1, -0.05) is 18.2 Å². The van der Waals surface area contributed by atoms with Crippen LogP contribution >= 0.6 is 0 Å². The van der Waals surface area contributed by atoms with Crippen molar-refractivity contribution in [2.45, 2.75) is 13.0 Å². The van der Waals surface area contributed by atoms with Crippen LogP contribution < -0.4 is 5.32 Å². The lowest BCUT2D eigenvalue weighted by molar-refractivity contribution is 0.0620. The van der Waals surface area contributed by atoms with Gasteiger partial charge in [0.1, 0.15) is 11.9 Å². The maximum atomic E-state index is 13.3. The SMILES string of the molecule is Cc1nn(-c2ccccc2)cc1C(=O)N1CCNCC1c1nccn1C. The predicted molar refractivity (Wildman–Crippen MR) is 98.2 cm³/mol. The zero-order chi connectivity index (χ0) is 18.1. The number of aryl methyl sites for hydroxylation is 2. The Morgan fingerprint density at radius 2 is 2.08 bits per heavy atom. The van der Waals surface area contributed by atoms with Crippen molar-refractivity contribution in [2.75, 3.05) is 19.6 Å². The highest BCUT2D eigenvalue weighted by Gasteiger charge is 2.32. The summed E-state index contributed by atoms with van der Waals surface area (Å²) in [5.41, 5.74) is 2.31. The van der Waals surface area contributed by atoms with Crippen molar-refractivity contribution in [1.82, 2.24) is 29.5 Å². The number of nitrogens with one attached hydrogen (secondary N) is 1. The van der Waals surface area contributed by atoms with E-state index >= 15 is 0 Å². The molecule has 26 heavy (non-hydrogen) atoms. The lowest BCUT2D eigenvalue weighted by Crippen LogP contribution is -2.49. The summed E-state index contributed by atoms with van der Waals surface area (Å²) < 4.78 is 3.73. The van der Waals surface area contributed by atoms with Crippen LogP contribution in [0.5, 0.6) is 0 Å². The van der Waals surface area contributed by atoms with Crippen LogP contribution in [0.2, 0.25) is 0 Å². The van der Waals surface area contributed by atoms with Gasteiger partial charge in [-0.3, -0.25) is 4.79 Å². The lowest BCUT2D eigenvalue weighted by Gasteiger charge is -2.35. The summed E-state index contributed by atoms with van der Waals surface area (Å²) in [6.45, 7) is 4.00. The van der Waals surface area contributed by atoms with Crippen molar-refractivity contribution in [3.05, 3.63) is 66.0 Å². The van der Waals surface area contributed by atoms with Crippen LogP contribution in [0.25, 0.3) is 5.69 Å². The van der Waals surface area contributed by atoms with Gasteiger partial charge in [0, 0.05) is 45.3 Å². The Morgan fingerprint density at radius 3 is 2.81 bits per heavy atom. The lowest BCUT2D eigenvalue weighted by atomic mass is 10.1. The summed E-state index contributed by atoms with van der Waals surface area (Å²) in [5.74, 6) is 0.887. The number of amides is 1. The van der Waals surface area contributed by atoms with E-state index in [4.69, 9.17) is 0 Å². The first-order chi connectivity index (χ1) is 12.6. The van der Waals surface area contributed by atoms with E-state index in [9.17, 15) is 4.79 Å². The van der Waals surface area contributed by atoms with E-state index in [-0.39, 0.29) is 11.9 Å². The molecule has 1 aromatic carbocycles. The molecule has 7 nitrogen and oxygen atoms in total. The third kappa shape index (κ3) is 2.90. The molecule has 1 aliphatic rings. The minimum atomic E-state index is -0.0873. The Morgan fingerprint density at radius 1 is 1.27 bits per heavy atom. The molecule has 1 unspecified atom stereocenters. The first kappa shape index (κ1) is 16.5. The number of imidazole rings is 1. The van der Waals surface area contributed by atoms with Crippen molar-refractivity contribution >= 4 is 5.91 Å². The second-order valence-corrected chi connectivity index (χ2v) is 6.52. The highest BCUT2D eigenvalue weighted by atomic mass is 16.2. The van der Waals surface area contributed by atoms with E-state index in [2.05, 4.69) is 15.4 Å². The molecule has 1 atom stereocenters. The third-order valence-electron chi connectivity index (χ3n) is 4.81. The summed E-state index contributed by atoms with van der Waals surface area (Å²) in [7, 11) is 1.96. The van der Waals surface area contributed by atoms with E-state index in [1.807, 2.05) is 66.2 Å². The molecule has 1 saturated heterocycles. The van der Waals surface area contributed by atoms with Gasteiger partial charge in [-0.2, -0.15) is 5.10 Å². The number of rotatable bonds is 3. The molecule has 2 aromatic heterocycles. The summed E-state index contributed by atoms with van der Waals surface area (Å²) >= 11 is 0. The molecule has 0 spiro atoms. The molecule has 1 aliphatic heterocycles. The topological polar surface area (TPSA) is 68.0 Å². The Hall–Kier alpha value is -2.93. The maximum Gasteiger partial charge on any atom is 0.258 e. The fourth-order valence-corrected chi connectivity index (χ4v) is 3.41. The van der Waals surface area contributed by atoms with Crippen molar-refractivity contribution in [3.63, 3.8) is 0 Å².